The van der Waals surface area contributed by atoms with Gasteiger partial charge >= 0.3 is 5.95 Å². The number of rotatable bonds is 7. The third-order valence-electron chi connectivity index (χ3n) is 3.62. The summed E-state index contributed by atoms with van der Waals surface area (Å²) in [6, 6.07) is 11.3. The van der Waals surface area contributed by atoms with Crippen LogP contribution in [-0.2, 0) is 14.8 Å². The molecule has 0 radical (unpaired) electrons. The highest BCUT2D eigenvalue weighted by Gasteiger charge is 2.19. The van der Waals surface area contributed by atoms with Crippen molar-refractivity contribution in [1.29, 1.82) is 0 Å². The minimum atomic E-state index is -3.64. The van der Waals surface area contributed by atoms with Crippen molar-refractivity contribution >= 4 is 38.8 Å². The molecule has 1 amide bonds. The SMILES string of the molecule is COc1oc2cc(NS(C)(=O)=O)c(Oc3ccccc3)cc2c(=O)c1NC=O. The molecule has 2 N–H and O–H groups in total. The van der Waals surface area contributed by atoms with Crippen LogP contribution in [0.3, 0.4) is 0 Å². The molecule has 1 heterocycles. The summed E-state index contributed by atoms with van der Waals surface area (Å²) in [5.41, 5.74) is -0.640. The fourth-order valence-corrected chi connectivity index (χ4v) is 3.07. The van der Waals surface area contributed by atoms with Gasteiger partial charge in [-0.25, -0.2) is 8.42 Å². The van der Waals surface area contributed by atoms with Gasteiger partial charge in [-0.05, 0) is 18.2 Å². The molecule has 0 aliphatic heterocycles. The van der Waals surface area contributed by atoms with Gasteiger partial charge in [0.2, 0.25) is 21.9 Å². The predicted octanol–water partition coefficient (Wildman–Crippen LogP) is 2.53. The first-order valence-electron chi connectivity index (χ1n) is 7.92. The zero-order valence-corrected chi connectivity index (χ0v) is 15.7. The number of hydrogen-bond acceptors (Lipinski definition) is 7. The van der Waals surface area contributed by atoms with Gasteiger partial charge in [-0.3, -0.25) is 14.3 Å². The zero-order chi connectivity index (χ0) is 20.3. The van der Waals surface area contributed by atoms with Crippen molar-refractivity contribution < 1.29 is 27.1 Å². The monoisotopic (exact) mass is 404 g/mol. The topological polar surface area (TPSA) is 124 Å². The number of benzene rings is 2. The van der Waals surface area contributed by atoms with Gasteiger partial charge in [0, 0.05) is 6.07 Å². The van der Waals surface area contributed by atoms with Crippen molar-refractivity contribution in [3.8, 4) is 17.4 Å². The second-order valence-electron chi connectivity index (χ2n) is 5.69. The van der Waals surface area contributed by atoms with Crippen molar-refractivity contribution in [2.24, 2.45) is 0 Å². The summed E-state index contributed by atoms with van der Waals surface area (Å²) in [5, 5.41) is 2.31. The molecule has 0 spiro atoms. The maximum absolute atomic E-state index is 12.7. The molecule has 0 saturated heterocycles. The maximum Gasteiger partial charge on any atom is 0.313 e. The van der Waals surface area contributed by atoms with Gasteiger partial charge in [-0.2, -0.15) is 0 Å². The summed E-state index contributed by atoms with van der Waals surface area (Å²) in [4.78, 5) is 23.5. The molecule has 9 nitrogen and oxygen atoms in total. The van der Waals surface area contributed by atoms with E-state index in [9.17, 15) is 18.0 Å². The van der Waals surface area contributed by atoms with Gasteiger partial charge in [-0.15, -0.1) is 0 Å². The van der Waals surface area contributed by atoms with Crippen LogP contribution in [0.2, 0.25) is 0 Å². The Morgan fingerprint density at radius 2 is 1.86 bits per heavy atom. The second kappa shape index (κ2) is 7.61. The summed E-state index contributed by atoms with van der Waals surface area (Å²) in [5.74, 6) is 0.299. The number of nitrogens with one attached hydrogen (secondary N) is 2. The largest absolute Gasteiger partial charge is 0.467 e. The number of methoxy groups -OCH3 is 1. The zero-order valence-electron chi connectivity index (χ0n) is 14.9. The van der Waals surface area contributed by atoms with E-state index < -0.39 is 15.5 Å². The quantitative estimate of drug-likeness (QED) is 0.580. The van der Waals surface area contributed by atoms with E-state index in [1.807, 2.05) is 0 Å². The van der Waals surface area contributed by atoms with E-state index in [-0.39, 0.29) is 34.0 Å². The number of ether oxygens (including phenoxy) is 2. The van der Waals surface area contributed by atoms with Crippen LogP contribution in [0, 0.1) is 0 Å². The highest BCUT2D eigenvalue weighted by atomic mass is 32.2. The molecule has 10 heteroatoms. The average molecular weight is 404 g/mol. The van der Waals surface area contributed by atoms with Crippen LogP contribution in [0.1, 0.15) is 0 Å². The van der Waals surface area contributed by atoms with E-state index in [0.29, 0.717) is 12.2 Å². The molecular weight excluding hydrogens is 388 g/mol. The second-order valence-corrected chi connectivity index (χ2v) is 7.44. The Hall–Kier alpha value is -3.53. The van der Waals surface area contributed by atoms with E-state index in [0.717, 1.165) is 6.26 Å². The Morgan fingerprint density at radius 1 is 1.14 bits per heavy atom. The van der Waals surface area contributed by atoms with Crippen LogP contribution in [-0.4, -0.2) is 28.2 Å². The molecule has 0 saturated carbocycles. The van der Waals surface area contributed by atoms with Gasteiger partial charge in [-0.1, -0.05) is 18.2 Å². The first-order valence-corrected chi connectivity index (χ1v) is 9.81. The molecule has 146 valence electrons. The standard InChI is InChI=1S/C18H16N2O7S/c1-25-18-16(19-10-21)17(22)12-8-15(26-11-6-4-3-5-7-11)13(9-14(12)27-18)20-28(2,23)24/h3-10,20H,1-2H3,(H,19,21). The first-order chi connectivity index (χ1) is 13.3. The molecule has 3 aromatic rings. The molecule has 3 rings (SSSR count). The molecule has 0 unspecified atom stereocenters. The van der Waals surface area contributed by atoms with Crippen LogP contribution >= 0.6 is 0 Å². The van der Waals surface area contributed by atoms with Crippen LogP contribution in [0.4, 0.5) is 11.4 Å². The third kappa shape index (κ3) is 4.07. The summed E-state index contributed by atoms with van der Waals surface area (Å²) in [7, 11) is -2.38. The van der Waals surface area contributed by atoms with E-state index in [1.54, 1.807) is 30.3 Å². The van der Waals surface area contributed by atoms with E-state index >= 15 is 0 Å². The highest BCUT2D eigenvalue weighted by Crippen LogP contribution is 2.36. The fraction of sp³-hybridized carbons (Fsp3) is 0.111. The number of amides is 1. The van der Waals surface area contributed by atoms with Gasteiger partial charge in [0.05, 0.1) is 24.4 Å². The minimum Gasteiger partial charge on any atom is -0.467 e. The molecular formula is C18H16N2O7S. The summed E-state index contributed by atoms with van der Waals surface area (Å²) in [6.45, 7) is 0. The summed E-state index contributed by atoms with van der Waals surface area (Å²) >= 11 is 0. The lowest BCUT2D eigenvalue weighted by Crippen LogP contribution is -2.14. The molecule has 2 aromatic carbocycles. The van der Waals surface area contributed by atoms with Crippen molar-refractivity contribution in [2.75, 3.05) is 23.4 Å². The number of para-hydroxylation sites is 1. The maximum atomic E-state index is 12.7. The number of anilines is 2. The molecule has 0 atom stereocenters. The van der Waals surface area contributed by atoms with Crippen molar-refractivity contribution in [3.63, 3.8) is 0 Å². The van der Waals surface area contributed by atoms with Gasteiger partial charge in [0.1, 0.15) is 11.3 Å². The predicted molar refractivity (Wildman–Crippen MR) is 104 cm³/mol. The number of hydrogen-bond donors (Lipinski definition) is 2. The molecule has 0 aliphatic carbocycles. The molecule has 0 aliphatic rings. The lowest BCUT2D eigenvalue weighted by molar-refractivity contribution is -0.105. The normalized spacial score (nSPS) is 11.1. The van der Waals surface area contributed by atoms with E-state index in [2.05, 4.69) is 10.0 Å². The Labute approximate surface area is 159 Å². The van der Waals surface area contributed by atoms with Gasteiger partial charge in [0.25, 0.3) is 0 Å². The molecule has 0 bridgehead atoms. The van der Waals surface area contributed by atoms with Gasteiger partial charge in [0.15, 0.2) is 11.4 Å². The van der Waals surface area contributed by atoms with Crippen LogP contribution in [0.25, 0.3) is 11.0 Å². The number of sulfonamides is 1. The molecule has 0 fully saturated rings. The highest BCUT2D eigenvalue weighted by molar-refractivity contribution is 7.92. The van der Waals surface area contributed by atoms with Crippen LogP contribution < -0.4 is 24.9 Å². The lowest BCUT2D eigenvalue weighted by atomic mass is 10.2. The molecule has 1 aromatic heterocycles. The van der Waals surface area contributed by atoms with Crippen molar-refractivity contribution in [3.05, 3.63) is 52.7 Å². The van der Waals surface area contributed by atoms with Crippen LogP contribution in [0.5, 0.6) is 17.4 Å². The summed E-state index contributed by atoms with van der Waals surface area (Å²) < 4.78 is 42.1. The van der Waals surface area contributed by atoms with E-state index in [1.165, 1.54) is 19.2 Å². The van der Waals surface area contributed by atoms with Crippen molar-refractivity contribution in [1.82, 2.24) is 0 Å². The van der Waals surface area contributed by atoms with Crippen LogP contribution in [0.15, 0.2) is 51.7 Å². The lowest BCUT2D eigenvalue weighted by Gasteiger charge is -2.14. The fourth-order valence-electron chi connectivity index (χ4n) is 2.51. The Bertz CT molecular complexity index is 1190. The molecule has 28 heavy (non-hydrogen) atoms. The Morgan fingerprint density at radius 3 is 2.46 bits per heavy atom. The average Bonchev–Trinajstić information content (AvgIpc) is 2.64. The van der Waals surface area contributed by atoms with Crippen molar-refractivity contribution in [2.45, 2.75) is 0 Å². The van der Waals surface area contributed by atoms with E-state index in [4.69, 9.17) is 13.9 Å². The first kappa shape index (κ1) is 19.2. The smallest absolute Gasteiger partial charge is 0.313 e. The third-order valence-corrected chi connectivity index (χ3v) is 4.21. The summed E-state index contributed by atoms with van der Waals surface area (Å²) in [6.07, 6.45) is 1.30. The van der Waals surface area contributed by atoms with Gasteiger partial charge < -0.3 is 19.2 Å². The Balaban J connectivity index is 2.25. The number of fused-ring (bicyclic) bond motifs is 1. The number of carbonyl (C=O) groups excluding carboxylic acids is 1. The number of carbonyl (C=O) groups is 1. The Kier molecular flexibility index (Phi) is 5.23. The minimum absolute atomic E-state index is 0.0462.